The van der Waals surface area contributed by atoms with Gasteiger partial charge in [-0.2, -0.15) is 0 Å². The second kappa shape index (κ2) is 8.54. The van der Waals surface area contributed by atoms with Crippen LogP contribution >= 0.6 is 0 Å². The molecule has 1 aromatic heterocycles. The minimum absolute atomic E-state index is 0.0449. The first-order valence-corrected chi connectivity index (χ1v) is 8.16. The van der Waals surface area contributed by atoms with Crippen LogP contribution in [0.3, 0.4) is 0 Å². The van der Waals surface area contributed by atoms with Crippen LogP contribution in [-0.2, 0) is 16.1 Å². The molecule has 0 saturated carbocycles. The Balaban J connectivity index is 0.000000242. The Labute approximate surface area is 145 Å². The summed E-state index contributed by atoms with van der Waals surface area (Å²) >= 11 is 0. The number of carboxylic acid groups (broad SMARTS) is 2. The number of nitrogens with zero attached hydrogens (tertiary/aromatic N) is 3. The van der Waals surface area contributed by atoms with Gasteiger partial charge in [-0.1, -0.05) is 0 Å². The molecular formula is C16H22N4O5. The van der Waals surface area contributed by atoms with Gasteiger partial charge in [0.2, 0.25) is 5.95 Å². The van der Waals surface area contributed by atoms with Crippen molar-refractivity contribution in [2.24, 2.45) is 0 Å². The van der Waals surface area contributed by atoms with Crippen LogP contribution in [0.25, 0.3) is 0 Å². The Morgan fingerprint density at radius 2 is 1.84 bits per heavy atom. The van der Waals surface area contributed by atoms with Crippen molar-refractivity contribution < 1.29 is 24.9 Å². The van der Waals surface area contributed by atoms with E-state index in [0.29, 0.717) is 18.7 Å². The molecule has 9 nitrogen and oxygen atoms in total. The van der Waals surface area contributed by atoms with E-state index in [-0.39, 0.29) is 11.1 Å². The average molecular weight is 350 g/mol. The summed E-state index contributed by atoms with van der Waals surface area (Å²) in [4.78, 5) is 30.4. The standard InChI is InChI=1S/C12H18N4O.C4H4O4/c1-9-11-10(8-16(9)17)7-13-12(14-11)15-5-3-2-4-6-15;5-3(6)1-2-4(7)8/h7,9,16H,2-6,8H2,1H3;1-2H,(H,5,6)(H,7,8)/b;2-1-. The predicted molar refractivity (Wildman–Crippen MR) is 89.0 cm³/mol. The summed E-state index contributed by atoms with van der Waals surface area (Å²) in [6, 6.07) is -0.0449. The Morgan fingerprint density at radius 1 is 1.24 bits per heavy atom. The van der Waals surface area contributed by atoms with E-state index in [1.54, 1.807) is 0 Å². The molecule has 1 saturated heterocycles. The number of aromatic nitrogens is 2. The number of nitrogens with one attached hydrogen (secondary N) is 1. The molecule has 0 aliphatic carbocycles. The van der Waals surface area contributed by atoms with Crippen molar-refractivity contribution in [3.63, 3.8) is 0 Å². The fourth-order valence-electron chi connectivity index (χ4n) is 2.80. The van der Waals surface area contributed by atoms with Gasteiger partial charge >= 0.3 is 11.9 Å². The summed E-state index contributed by atoms with van der Waals surface area (Å²) < 4.78 is 0. The van der Waals surface area contributed by atoms with Gasteiger partial charge in [0, 0.05) is 31.4 Å². The third-order valence-electron chi connectivity index (χ3n) is 4.15. The lowest BCUT2D eigenvalue weighted by molar-refractivity contribution is -0.886. The van der Waals surface area contributed by atoms with Crippen molar-refractivity contribution in [2.45, 2.75) is 38.8 Å². The van der Waals surface area contributed by atoms with Crippen molar-refractivity contribution in [2.75, 3.05) is 18.0 Å². The first kappa shape index (κ1) is 18.8. The maximum absolute atomic E-state index is 11.6. The van der Waals surface area contributed by atoms with E-state index in [1.165, 1.54) is 19.3 Å². The highest BCUT2D eigenvalue weighted by molar-refractivity contribution is 5.89. The molecule has 0 spiro atoms. The second-order valence-electron chi connectivity index (χ2n) is 6.00. The molecule has 136 valence electrons. The highest BCUT2D eigenvalue weighted by Crippen LogP contribution is 2.22. The Hall–Kier alpha value is -2.52. The monoisotopic (exact) mass is 350 g/mol. The van der Waals surface area contributed by atoms with Crippen molar-refractivity contribution in [3.05, 3.63) is 34.8 Å². The number of carbonyl (C=O) groups is 2. The van der Waals surface area contributed by atoms with Gasteiger partial charge in [-0.05, 0) is 26.2 Å². The maximum atomic E-state index is 11.6. The Bertz CT molecular complexity index is 642. The van der Waals surface area contributed by atoms with Crippen molar-refractivity contribution in [3.8, 4) is 0 Å². The molecule has 0 bridgehead atoms. The van der Waals surface area contributed by atoms with Gasteiger partial charge < -0.3 is 25.4 Å². The molecule has 2 aliphatic rings. The number of anilines is 1. The van der Waals surface area contributed by atoms with Crippen LogP contribution in [0, 0.1) is 5.21 Å². The fourth-order valence-corrected chi connectivity index (χ4v) is 2.80. The lowest BCUT2D eigenvalue weighted by atomic mass is 10.1. The maximum Gasteiger partial charge on any atom is 0.328 e. The van der Waals surface area contributed by atoms with Crippen molar-refractivity contribution >= 4 is 17.9 Å². The van der Waals surface area contributed by atoms with E-state index in [4.69, 9.17) is 10.2 Å². The molecule has 0 radical (unpaired) electrons. The zero-order valence-electron chi connectivity index (χ0n) is 14.0. The number of quaternary nitrogens is 1. The largest absolute Gasteiger partial charge is 0.634 e. The Morgan fingerprint density at radius 3 is 2.40 bits per heavy atom. The number of fused-ring (bicyclic) bond motifs is 1. The number of piperidine rings is 1. The van der Waals surface area contributed by atoms with Crippen LogP contribution in [-0.4, -0.2) is 45.2 Å². The van der Waals surface area contributed by atoms with Crippen LogP contribution in [0.2, 0.25) is 0 Å². The van der Waals surface area contributed by atoms with Crippen LogP contribution in [0.15, 0.2) is 18.3 Å². The Kier molecular flexibility index (Phi) is 6.43. The predicted octanol–water partition coefficient (Wildman–Crippen LogP) is 0.136. The lowest BCUT2D eigenvalue weighted by Crippen LogP contribution is -3.03. The first-order valence-electron chi connectivity index (χ1n) is 8.16. The molecule has 1 fully saturated rings. The smallest absolute Gasteiger partial charge is 0.328 e. The number of hydrogen-bond donors (Lipinski definition) is 3. The number of carboxylic acids is 2. The molecule has 2 unspecified atom stereocenters. The highest BCUT2D eigenvalue weighted by atomic mass is 16.5. The van der Waals surface area contributed by atoms with Gasteiger partial charge in [0.05, 0.1) is 5.56 Å². The third kappa shape index (κ3) is 5.23. The van der Waals surface area contributed by atoms with E-state index < -0.39 is 11.9 Å². The van der Waals surface area contributed by atoms with Gasteiger partial charge in [0.25, 0.3) is 0 Å². The van der Waals surface area contributed by atoms with Crippen LogP contribution in [0.4, 0.5) is 5.95 Å². The second-order valence-corrected chi connectivity index (χ2v) is 6.00. The van der Waals surface area contributed by atoms with E-state index in [2.05, 4.69) is 14.9 Å². The summed E-state index contributed by atoms with van der Waals surface area (Å²) in [5.41, 5.74) is 1.97. The quantitative estimate of drug-likeness (QED) is 0.518. The van der Waals surface area contributed by atoms with Gasteiger partial charge in [0.15, 0.2) is 0 Å². The molecular weight excluding hydrogens is 328 g/mol. The number of hydroxylamine groups is 2. The number of hydrogen-bond acceptors (Lipinski definition) is 6. The molecule has 3 heterocycles. The molecule has 0 aromatic carbocycles. The number of aliphatic carboxylic acids is 2. The van der Waals surface area contributed by atoms with Gasteiger partial charge in [0.1, 0.15) is 18.3 Å². The van der Waals surface area contributed by atoms with Gasteiger partial charge in [-0.15, -0.1) is 0 Å². The van der Waals surface area contributed by atoms with E-state index in [1.807, 2.05) is 13.1 Å². The van der Waals surface area contributed by atoms with Crippen molar-refractivity contribution in [1.82, 2.24) is 9.97 Å². The molecule has 3 N–H and O–H groups in total. The number of rotatable bonds is 3. The van der Waals surface area contributed by atoms with Crippen molar-refractivity contribution in [1.29, 1.82) is 0 Å². The zero-order chi connectivity index (χ0) is 18.4. The van der Waals surface area contributed by atoms with Crippen LogP contribution in [0.5, 0.6) is 0 Å². The van der Waals surface area contributed by atoms with Crippen LogP contribution < -0.4 is 9.96 Å². The molecule has 1 aromatic rings. The minimum Gasteiger partial charge on any atom is -0.634 e. The molecule has 2 aliphatic heterocycles. The van der Waals surface area contributed by atoms with E-state index >= 15 is 0 Å². The molecule has 2 atom stereocenters. The minimum atomic E-state index is -1.26. The fraction of sp³-hybridized carbons (Fsp3) is 0.500. The molecule has 3 rings (SSSR count). The lowest BCUT2D eigenvalue weighted by Gasteiger charge is -2.26. The summed E-state index contributed by atoms with van der Waals surface area (Å²) in [5, 5.41) is 27.5. The molecule has 9 heteroatoms. The van der Waals surface area contributed by atoms with Gasteiger partial charge in [-0.3, -0.25) is 0 Å². The van der Waals surface area contributed by atoms with Crippen LogP contribution in [0.1, 0.15) is 43.5 Å². The summed E-state index contributed by atoms with van der Waals surface area (Å²) in [6.45, 7) is 4.54. The first-order chi connectivity index (χ1) is 11.9. The third-order valence-corrected chi connectivity index (χ3v) is 4.15. The topological polar surface area (TPSA) is 131 Å². The summed E-state index contributed by atoms with van der Waals surface area (Å²) in [6.07, 6.45) is 6.69. The average Bonchev–Trinajstić information content (AvgIpc) is 2.88. The zero-order valence-corrected chi connectivity index (χ0v) is 14.0. The molecule has 25 heavy (non-hydrogen) atoms. The highest BCUT2D eigenvalue weighted by Gasteiger charge is 2.28. The van der Waals surface area contributed by atoms with Gasteiger partial charge in [-0.25, -0.2) is 19.6 Å². The summed E-state index contributed by atoms with van der Waals surface area (Å²) in [5.74, 6) is -1.70. The summed E-state index contributed by atoms with van der Waals surface area (Å²) in [7, 11) is 0. The SMILES string of the molecule is CC1c2nc(N3CCCCC3)ncc2C[NH+]1[O-].O=C(O)/C=C\C(=O)O. The van der Waals surface area contributed by atoms with E-state index in [9.17, 15) is 14.8 Å². The molecule has 0 amide bonds. The normalized spacial score (nSPS) is 22.2. The van der Waals surface area contributed by atoms with E-state index in [0.717, 1.165) is 30.3 Å².